The van der Waals surface area contributed by atoms with E-state index in [9.17, 15) is 19.1 Å². The Labute approximate surface area is 140 Å². The fourth-order valence-electron chi connectivity index (χ4n) is 2.17. The first-order valence-electron chi connectivity index (χ1n) is 8.00. The van der Waals surface area contributed by atoms with Gasteiger partial charge in [-0.15, -0.1) is 0 Å². The minimum atomic E-state index is -4.86. The van der Waals surface area contributed by atoms with Gasteiger partial charge < -0.3 is 14.4 Å². The molecule has 0 amide bonds. The maximum atomic E-state index is 11.2. The summed E-state index contributed by atoms with van der Waals surface area (Å²) in [7, 11) is -4.86. The molecule has 0 aliphatic heterocycles. The number of carbonyl (C=O) groups is 1. The maximum Gasteiger partial charge on any atom is 0.138 e. The zero-order chi connectivity index (χ0) is 18.0. The molecule has 5 heteroatoms. The van der Waals surface area contributed by atoms with E-state index in [0.29, 0.717) is 0 Å². The highest BCUT2D eigenvalue weighted by Crippen LogP contribution is 2.34. The topological polar surface area (TPSA) is 80.3 Å². The van der Waals surface area contributed by atoms with Gasteiger partial charge in [0.1, 0.15) is 5.78 Å². The molecule has 1 atom stereocenters. The predicted molar refractivity (Wildman–Crippen MR) is 92.1 cm³/mol. The van der Waals surface area contributed by atoms with Gasteiger partial charge in [0.25, 0.3) is 0 Å². The van der Waals surface area contributed by atoms with E-state index in [2.05, 4.69) is 32.9 Å². The molecule has 4 nitrogen and oxygen atoms in total. The summed E-state index contributed by atoms with van der Waals surface area (Å²) in [4.78, 5) is 33.3. The molecule has 0 radical (unpaired) electrons. The van der Waals surface area contributed by atoms with E-state index in [0.717, 1.165) is 38.2 Å². The summed E-state index contributed by atoms with van der Waals surface area (Å²) in [5.41, 5.74) is 2.23. The molecule has 0 aromatic rings. The zero-order valence-electron chi connectivity index (χ0n) is 14.9. The lowest BCUT2D eigenvalue weighted by Gasteiger charge is -2.36. The van der Waals surface area contributed by atoms with Gasteiger partial charge in [0.15, 0.2) is 0 Å². The van der Waals surface area contributed by atoms with Gasteiger partial charge in [-0.05, 0) is 66.7 Å². The van der Waals surface area contributed by atoms with Crippen molar-refractivity contribution < 1.29 is 19.1 Å². The van der Waals surface area contributed by atoms with E-state index in [-0.39, 0.29) is 6.42 Å². The number of carbonyl (C=O) groups excluding carboxylic acids is 1. The summed E-state index contributed by atoms with van der Waals surface area (Å²) in [5, 5.41) is 0. The number of rotatable bonds is 10. The van der Waals surface area contributed by atoms with Crippen LogP contribution in [-0.2, 0) is 9.36 Å². The van der Waals surface area contributed by atoms with Crippen LogP contribution in [0.1, 0.15) is 66.7 Å². The second kappa shape index (κ2) is 10.7. The third-order valence-electron chi connectivity index (χ3n) is 3.66. The van der Waals surface area contributed by atoms with Crippen molar-refractivity contribution in [3.8, 4) is 0 Å². The second-order valence-electron chi connectivity index (χ2n) is 6.36. The summed E-state index contributed by atoms with van der Waals surface area (Å²) < 4.78 is 11.0. The quantitative estimate of drug-likeness (QED) is 0.449. The molecule has 0 aliphatic carbocycles. The summed E-state index contributed by atoms with van der Waals surface area (Å²) in [6.45, 7) is 9.32. The van der Waals surface area contributed by atoms with Gasteiger partial charge in [0, 0.05) is 5.66 Å². The van der Waals surface area contributed by atoms with E-state index in [4.69, 9.17) is 0 Å². The van der Waals surface area contributed by atoms with Crippen LogP contribution < -0.4 is 9.79 Å². The number of hydrogen-bond donors (Lipinski definition) is 0. The van der Waals surface area contributed by atoms with E-state index >= 15 is 0 Å². The molecule has 0 bridgehead atoms. The number of Topliss-reactive ketones (excluding diaryl/α,β-unsaturated/α-hetero) is 1. The van der Waals surface area contributed by atoms with Gasteiger partial charge in [0.05, 0.1) is 0 Å². The molecule has 0 aromatic carbocycles. The van der Waals surface area contributed by atoms with Crippen LogP contribution in [0.25, 0.3) is 0 Å². The molecule has 132 valence electrons. The van der Waals surface area contributed by atoms with Crippen LogP contribution in [0.15, 0.2) is 34.9 Å². The normalized spacial score (nSPS) is 14.6. The largest absolute Gasteiger partial charge is 0.810 e. The van der Waals surface area contributed by atoms with Gasteiger partial charge in [-0.1, -0.05) is 42.5 Å². The lowest BCUT2D eigenvalue weighted by atomic mass is 10.1. The van der Waals surface area contributed by atoms with Crippen LogP contribution >= 0.6 is 7.60 Å². The Kier molecular flexibility index (Phi) is 10.3. The first-order valence-corrected chi connectivity index (χ1v) is 9.62. The molecule has 0 saturated heterocycles. The number of hydrogen-bond acceptors (Lipinski definition) is 4. The fraction of sp³-hybridized carbons (Fsp3) is 0.611. The van der Waals surface area contributed by atoms with Crippen LogP contribution in [0.2, 0.25) is 0 Å². The highest BCUT2D eigenvalue weighted by molar-refractivity contribution is 7.50. The van der Waals surface area contributed by atoms with Crippen molar-refractivity contribution in [2.45, 2.75) is 72.4 Å². The van der Waals surface area contributed by atoms with Crippen molar-refractivity contribution >= 4 is 13.4 Å². The second-order valence-corrected chi connectivity index (χ2v) is 8.06. The SMILES string of the molecule is CC(=O)C(C/C=C(\C)CC/C=C(\C)CCC=C(C)C)P(=O)([O-])[O-]. The molecule has 0 fully saturated rings. The third kappa shape index (κ3) is 11.2. The molecule has 0 N–H and O–H groups in total. The highest BCUT2D eigenvalue weighted by atomic mass is 31.2. The van der Waals surface area contributed by atoms with Crippen LogP contribution in [0.3, 0.4) is 0 Å². The summed E-state index contributed by atoms with van der Waals surface area (Å²) in [6, 6.07) is 0. The lowest BCUT2D eigenvalue weighted by Crippen LogP contribution is -2.30. The van der Waals surface area contributed by atoms with Gasteiger partial charge in [-0.25, -0.2) is 0 Å². The minimum Gasteiger partial charge on any atom is -0.810 e. The van der Waals surface area contributed by atoms with Gasteiger partial charge >= 0.3 is 0 Å². The summed E-state index contributed by atoms with van der Waals surface area (Å²) in [6.07, 6.45) is 9.83. The molecule has 0 aromatic heterocycles. The average Bonchev–Trinajstić information content (AvgIpc) is 2.36. The zero-order valence-corrected chi connectivity index (χ0v) is 15.8. The van der Waals surface area contributed by atoms with E-state index < -0.39 is 19.0 Å². The molecule has 0 saturated carbocycles. The van der Waals surface area contributed by atoms with E-state index in [1.807, 2.05) is 6.92 Å². The Morgan fingerprint density at radius 1 is 0.913 bits per heavy atom. The van der Waals surface area contributed by atoms with Gasteiger partial charge in [-0.3, -0.25) is 4.79 Å². The van der Waals surface area contributed by atoms with E-state index in [1.165, 1.54) is 11.1 Å². The fourth-order valence-corrected chi connectivity index (χ4v) is 2.98. The molecule has 0 spiro atoms. The maximum absolute atomic E-state index is 11.2. The molecule has 0 rings (SSSR count). The molecule has 1 unspecified atom stereocenters. The monoisotopic (exact) mass is 340 g/mol. The Morgan fingerprint density at radius 2 is 1.39 bits per heavy atom. The average molecular weight is 340 g/mol. The summed E-state index contributed by atoms with van der Waals surface area (Å²) >= 11 is 0. The van der Waals surface area contributed by atoms with Crippen LogP contribution in [-0.4, -0.2) is 11.4 Å². The standard InChI is InChI=1S/C18H31O4P/c1-14(2)8-6-9-15(3)10-7-11-16(4)12-13-18(17(5)19)23(20,21)22/h8,10,12,18H,6-7,9,11,13H2,1-5H3,(H2,20,21,22)/p-2/b15-10+,16-12+. The van der Waals surface area contributed by atoms with Gasteiger partial charge in [0.2, 0.25) is 0 Å². The molecule has 0 aliphatic rings. The van der Waals surface area contributed by atoms with Crippen molar-refractivity contribution in [2.75, 3.05) is 0 Å². The highest BCUT2D eigenvalue weighted by Gasteiger charge is 2.16. The Morgan fingerprint density at radius 3 is 1.83 bits per heavy atom. The molecule has 23 heavy (non-hydrogen) atoms. The van der Waals surface area contributed by atoms with Crippen molar-refractivity contribution in [1.29, 1.82) is 0 Å². The predicted octanol–water partition coefficient (Wildman–Crippen LogP) is 3.67. The molecule has 0 heterocycles. The number of ketones is 1. The molecular weight excluding hydrogens is 311 g/mol. The lowest BCUT2D eigenvalue weighted by molar-refractivity contribution is -0.315. The van der Waals surface area contributed by atoms with Crippen molar-refractivity contribution in [3.05, 3.63) is 34.9 Å². The first-order chi connectivity index (χ1) is 10.5. The van der Waals surface area contributed by atoms with Crippen LogP contribution in [0, 0.1) is 0 Å². The Hall–Kier alpha value is -0.960. The van der Waals surface area contributed by atoms with Crippen LogP contribution in [0.4, 0.5) is 0 Å². The molecular formula is C18H29O4P-2. The Bertz CT molecular complexity index is 519. The van der Waals surface area contributed by atoms with Crippen molar-refractivity contribution in [1.82, 2.24) is 0 Å². The van der Waals surface area contributed by atoms with Crippen molar-refractivity contribution in [3.63, 3.8) is 0 Å². The van der Waals surface area contributed by atoms with Crippen LogP contribution in [0.5, 0.6) is 0 Å². The smallest absolute Gasteiger partial charge is 0.138 e. The van der Waals surface area contributed by atoms with Gasteiger partial charge in [-0.2, -0.15) is 0 Å². The van der Waals surface area contributed by atoms with E-state index in [1.54, 1.807) is 6.08 Å². The first kappa shape index (κ1) is 22.0. The number of allylic oxidation sites excluding steroid dienone is 6. The minimum absolute atomic E-state index is 0.0191. The Balaban J connectivity index is 4.38. The summed E-state index contributed by atoms with van der Waals surface area (Å²) in [5.74, 6) is -0.586. The van der Waals surface area contributed by atoms with Crippen molar-refractivity contribution in [2.24, 2.45) is 0 Å². The third-order valence-corrected chi connectivity index (χ3v) is 5.00.